The second-order valence-electron chi connectivity index (χ2n) is 6.66. The third-order valence-corrected chi connectivity index (χ3v) is 4.65. The maximum absolute atomic E-state index is 12.5. The summed E-state index contributed by atoms with van der Waals surface area (Å²) in [5, 5.41) is 21.6. The Morgan fingerprint density at radius 1 is 1.00 bits per heavy atom. The lowest BCUT2D eigenvalue weighted by Crippen LogP contribution is -2.13. The van der Waals surface area contributed by atoms with Crippen molar-refractivity contribution in [1.82, 2.24) is 24.5 Å². The average Bonchev–Trinajstić information content (AvgIpc) is 3.35. The third-order valence-electron chi connectivity index (χ3n) is 4.38. The van der Waals surface area contributed by atoms with Crippen LogP contribution in [0.15, 0.2) is 67.1 Å². The van der Waals surface area contributed by atoms with Crippen molar-refractivity contribution in [3.05, 3.63) is 98.9 Å². The molecule has 0 aliphatic heterocycles. The van der Waals surface area contributed by atoms with Crippen LogP contribution in [0.5, 0.6) is 0 Å². The summed E-state index contributed by atoms with van der Waals surface area (Å²) in [4.78, 5) is 26.8. The van der Waals surface area contributed by atoms with E-state index in [1.54, 1.807) is 35.3 Å². The molecule has 0 bridgehead atoms. The van der Waals surface area contributed by atoms with E-state index in [1.807, 2.05) is 30.3 Å². The summed E-state index contributed by atoms with van der Waals surface area (Å²) >= 11 is 5.81. The zero-order valence-corrected chi connectivity index (χ0v) is 16.8. The van der Waals surface area contributed by atoms with Crippen molar-refractivity contribution < 1.29 is 9.72 Å². The fourth-order valence-corrected chi connectivity index (χ4v) is 3.13. The molecule has 2 heterocycles. The minimum atomic E-state index is -0.637. The topological polar surface area (TPSA) is 121 Å². The van der Waals surface area contributed by atoms with E-state index in [4.69, 9.17) is 11.6 Å². The first-order valence-corrected chi connectivity index (χ1v) is 9.57. The van der Waals surface area contributed by atoms with Crippen molar-refractivity contribution in [3.63, 3.8) is 0 Å². The Hall–Kier alpha value is -4.05. The number of nitrogens with one attached hydrogen (secondary N) is 1. The van der Waals surface area contributed by atoms with Gasteiger partial charge in [-0.1, -0.05) is 54.1 Å². The minimum absolute atomic E-state index is 0.0276. The van der Waals surface area contributed by atoms with E-state index in [-0.39, 0.29) is 23.4 Å². The summed E-state index contributed by atoms with van der Waals surface area (Å²) in [5.74, 6) is -0.526. The Bertz CT molecular complexity index is 1220. The first kappa shape index (κ1) is 20.2. The molecule has 0 saturated heterocycles. The lowest BCUT2D eigenvalue weighted by molar-refractivity contribution is -0.389. The monoisotopic (exact) mass is 437 g/mol. The smallest absolute Gasteiger partial charge is 0.358 e. The molecule has 0 unspecified atom stereocenters. The Labute approximate surface area is 181 Å². The first-order chi connectivity index (χ1) is 15.0. The maximum Gasteiger partial charge on any atom is 0.408 e. The molecule has 0 saturated carbocycles. The molecular weight excluding hydrogens is 422 g/mol. The number of nitro groups is 1. The van der Waals surface area contributed by atoms with Gasteiger partial charge in [-0.3, -0.25) is 10.1 Å². The van der Waals surface area contributed by atoms with E-state index in [1.165, 1.54) is 10.9 Å². The standard InChI is InChI=1S/C20H16ClN7O3/c21-17-12-26(24-18(17)28(30)31)10-15-6-8-16(9-7-15)19(29)23-20-22-13-27(25-20)11-14-4-2-1-3-5-14/h1-9,12-13H,10-11H2,(H,23,25,29). The van der Waals surface area contributed by atoms with Crippen LogP contribution in [0.2, 0.25) is 5.02 Å². The van der Waals surface area contributed by atoms with E-state index in [9.17, 15) is 14.9 Å². The van der Waals surface area contributed by atoms with Crippen molar-refractivity contribution in [2.24, 2.45) is 0 Å². The Morgan fingerprint density at radius 3 is 2.35 bits per heavy atom. The van der Waals surface area contributed by atoms with Gasteiger partial charge in [-0.25, -0.2) is 9.67 Å². The van der Waals surface area contributed by atoms with Crippen molar-refractivity contribution in [3.8, 4) is 0 Å². The van der Waals surface area contributed by atoms with Gasteiger partial charge in [-0.05, 0) is 28.2 Å². The average molecular weight is 438 g/mol. The highest BCUT2D eigenvalue weighted by Gasteiger charge is 2.19. The molecular formula is C20H16ClN7O3. The van der Waals surface area contributed by atoms with Crippen LogP contribution in [0.1, 0.15) is 21.5 Å². The second-order valence-corrected chi connectivity index (χ2v) is 7.06. The summed E-state index contributed by atoms with van der Waals surface area (Å²) in [5.41, 5.74) is 2.30. The van der Waals surface area contributed by atoms with Gasteiger partial charge in [0.25, 0.3) is 5.91 Å². The summed E-state index contributed by atoms with van der Waals surface area (Å²) in [6.45, 7) is 0.828. The molecule has 10 nitrogen and oxygen atoms in total. The molecule has 31 heavy (non-hydrogen) atoms. The van der Waals surface area contributed by atoms with Crippen LogP contribution in [-0.4, -0.2) is 35.4 Å². The van der Waals surface area contributed by atoms with Gasteiger partial charge in [0, 0.05) is 5.56 Å². The number of halogens is 1. The number of anilines is 1. The van der Waals surface area contributed by atoms with Crippen LogP contribution < -0.4 is 5.32 Å². The number of carbonyl (C=O) groups excluding carboxylic acids is 1. The van der Waals surface area contributed by atoms with Gasteiger partial charge < -0.3 is 10.1 Å². The molecule has 2 aromatic carbocycles. The van der Waals surface area contributed by atoms with Crippen LogP contribution in [0, 0.1) is 10.1 Å². The van der Waals surface area contributed by atoms with Crippen molar-refractivity contribution in [2.75, 3.05) is 5.32 Å². The van der Waals surface area contributed by atoms with Crippen LogP contribution in [0.25, 0.3) is 0 Å². The third kappa shape index (κ3) is 4.93. The number of amides is 1. The summed E-state index contributed by atoms with van der Waals surface area (Å²) in [7, 11) is 0. The predicted octanol–water partition coefficient (Wildman–Crippen LogP) is 3.39. The second kappa shape index (κ2) is 8.76. The highest BCUT2D eigenvalue weighted by atomic mass is 35.5. The SMILES string of the molecule is O=C(Nc1ncn(Cc2ccccc2)n1)c1ccc(Cn2cc(Cl)c([N+](=O)[O-])n2)cc1. The van der Waals surface area contributed by atoms with Gasteiger partial charge in [0.05, 0.1) is 24.4 Å². The summed E-state index contributed by atoms with van der Waals surface area (Å²) in [6.07, 6.45) is 2.94. The fraction of sp³-hybridized carbons (Fsp3) is 0.100. The highest BCUT2D eigenvalue weighted by molar-refractivity contribution is 6.32. The van der Waals surface area contributed by atoms with Crippen LogP contribution >= 0.6 is 11.6 Å². The fourth-order valence-electron chi connectivity index (χ4n) is 2.91. The highest BCUT2D eigenvalue weighted by Crippen LogP contribution is 2.22. The van der Waals surface area contributed by atoms with Crippen molar-refractivity contribution in [1.29, 1.82) is 0 Å². The molecule has 1 amide bonds. The van der Waals surface area contributed by atoms with Crippen molar-refractivity contribution in [2.45, 2.75) is 13.1 Å². The number of benzene rings is 2. The van der Waals surface area contributed by atoms with E-state index in [0.29, 0.717) is 12.1 Å². The number of rotatable bonds is 7. The zero-order chi connectivity index (χ0) is 21.8. The molecule has 4 aromatic rings. The maximum atomic E-state index is 12.5. The molecule has 2 aromatic heterocycles. The van der Waals surface area contributed by atoms with E-state index in [2.05, 4.69) is 20.5 Å². The molecule has 11 heteroatoms. The molecule has 156 valence electrons. The summed E-state index contributed by atoms with van der Waals surface area (Å²) < 4.78 is 3.02. The van der Waals surface area contributed by atoms with Gasteiger partial charge in [-0.15, -0.1) is 5.10 Å². The van der Waals surface area contributed by atoms with E-state index < -0.39 is 10.7 Å². The predicted molar refractivity (Wildman–Crippen MR) is 113 cm³/mol. The lowest BCUT2D eigenvalue weighted by Gasteiger charge is -2.03. The lowest BCUT2D eigenvalue weighted by atomic mass is 10.1. The Morgan fingerprint density at radius 2 is 1.68 bits per heavy atom. The minimum Gasteiger partial charge on any atom is -0.358 e. The zero-order valence-electron chi connectivity index (χ0n) is 16.1. The van der Waals surface area contributed by atoms with Crippen LogP contribution in [0.4, 0.5) is 11.8 Å². The number of nitrogens with zero attached hydrogens (tertiary/aromatic N) is 6. The molecule has 0 fully saturated rings. The summed E-state index contributed by atoms with van der Waals surface area (Å²) in [6, 6.07) is 16.6. The quantitative estimate of drug-likeness (QED) is 0.349. The molecule has 0 spiro atoms. The molecule has 1 N–H and O–H groups in total. The van der Waals surface area contributed by atoms with Gasteiger partial charge in [0.2, 0.25) is 5.95 Å². The van der Waals surface area contributed by atoms with Gasteiger partial charge in [-0.2, -0.15) is 4.68 Å². The Kier molecular flexibility index (Phi) is 5.72. The number of carbonyl (C=O) groups is 1. The molecule has 0 radical (unpaired) electrons. The van der Waals surface area contributed by atoms with Gasteiger partial charge in [0.15, 0.2) is 5.02 Å². The largest absolute Gasteiger partial charge is 0.408 e. The van der Waals surface area contributed by atoms with E-state index in [0.717, 1.165) is 11.1 Å². The normalized spacial score (nSPS) is 10.7. The first-order valence-electron chi connectivity index (χ1n) is 9.19. The van der Waals surface area contributed by atoms with E-state index >= 15 is 0 Å². The van der Waals surface area contributed by atoms with Crippen LogP contribution in [0.3, 0.4) is 0 Å². The Balaban J connectivity index is 1.37. The molecule has 0 aliphatic carbocycles. The molecule has 0 atom stereocenters. The van der Waals surface area contributed by atoms with Crippen LogP contribution in [-0.2, 0) is 13.1 Å². The number of aromatic nitrogens is 5. The molecule has 4 rings (SSSR count). The molecule has 0 aliphatic rings. The van der Waals surface area contributed by atoms with Gasteiger partial charge in [0.1, 0.15) is 6.33 Å². The number of hydrogen-bond donors (Lipinski definition) is 1. The van der Waals surface area contributed by atoms with Crippen molar-refractivity contribution >= 4 is 29.3 Å². The van der Waals surface area contributed by atoms with Gasteiger partial charge >= 0.3 is 5.82 Å². The number of hydrogen-bond acceptors (Lipinski definition) is 6.